The summed E-state index contributed by atoms with van der Waals surface area (Å²) in [6.07, 6.45) is 8.07. The summed E-state index contributed by atoms with van der Waals surface area (Å²) in [6, 6.07) is 63.7. The number of hydrogen-bond acceptors (Lipinski definition) is 5. The molecule has 0 spiro atoms. The molecule has 1 aliphatic heterocycles. The average Bonchev–Trinajstić information content (AvgIpc) is 3.63. The van der Waals surface area contributed by atoms with E-state index >= 15 is 0 Å². The van der Waals surface area contributed by atoms with Crippen molar-refractivity contribution in [1.29, 1.82) is 0 Å². The van der Waals surface area contributed by atoms with Gasteiger partial charge < -0.3 is 41.8 Å². The third-order valence-electron chi connectivity index (χ3n) is 11.1. The van der Waals surface area contributed by atoms with E-state index in [1.165, 1.54) is 29.1 Å². The van der Waals surface area contributed by atoms with E-state index in [0.29, 0.717) is 23.0 Å². The molecule has 0 aliphatic carbocycles. The fourth-order valence-corrected chi connectivity index (χ4v) is 14.1. The van der Waals surface area contributed by atoms with Crippen LogP contribution >= 0.6 is 103 Å². The number of benzene rings is 9. The zero-order valence-corrected chi connectivity index (χ0v) is 59.2. The van der Waals surface area contributed by atoms with Crippen molar-refractivity contribution in [2.45, 2.75) is 32.5 Å². The van der Waals surface area contributed by atoms with Gasteiger partial charge in [0.15, 0.2) is 11.5 Å². The number of rotatable bonds is 8. The van der Waals surface area contributed by atoms with E-state index in [1.54, 1.807) is 93.6 Å². The van der Waals surface area contributed by atoms with Gasteiger partial charge in [-0.1, -0.05) is 195 Å². The molecular formula is C64H53Br7F2KO5P. The fourth-order valence-electron chi connectivity index (χ4n) is 7.60. The third kappa shape index (κ3) is 21.5. The van der Waals surface area contributed by atoms with Crippen LogP contribution in [0.2, 0.25) is 0 Å². The molecule has 80 heavy (non-hydrogen) atoms. The Bertz CT molecular complexity index is 3270. The zero-order valence-electron chi connectivity index (χ0n) is 44.0. The number of phenolic OH excluding ortho intramolecular Hbond substituents is 2. The van der Waals surface area contributed by atoms with E-state index in [0.717, 1.165) is 55.0 Å². The summed E-state index contributed by atoms with van der Waals surface area (Å²) < 4.78 is 44.7. The van der Waals surface area contributed by atoms with Crippen LogP contribution in [0.3, 0.4) is 0 Å². The van der Waals surface area contributed by atoms with Crippen molar-refractivity contribution in [3.05, 3.63) is 266 Å². The minimum Gasteiger partial charge on any atom is -1.00 e. The van der Waals surface area contributed by atoms with Crippen LogP contribution in [0.25, 0.3) is 24.3 Å². The minimum absolute atomic E-state index is 0. The van der Waals surface area contributed by atoms with Gasteiger partial charge in [0, 0.05) is 54.7 Å². The summed E-state index contributed by atoms with van der Waals surface area (Å²) in [6.45, 7) is 4.90. The number of fused-ring (bicyclic) bond motifs is 2. The maximum Gasteiger partial charge on any atom is 1.00 e. The van der Waals surface area contributed by atoms with Crippen LogP contribution in [0.5, 0.6) is 28.7 Å². The first kappa shape index (κ1) is 69.4. The van der Waals surface area contributed by atoms with E-state index in [1.807, 2.05) is 60.7 Å². The Morgan fingerprint density at radius 2 is 0.863 bits per heavy atom. The predicted octanol–water partition coefficient (Wildman–Crippen LogP) is 13.1. The standard InChI is InChI=1S/C25H20BrFP.C14H9Br2FO.C14H8Br2O.C7H7BrO2.C4H9O.BrH.K/c26-21-16-17-25(27)20(18-21)19-28(22-10-4-1-5-11-22,23-12-6-2-7-13-23)24-14-8-3-9-15-24;15-11-3-5-13(17)9(7-11)1-2-10-8-12(16)4-6-14(10)18;15-11-3-5-13-9(7-11)1-2-10-8-12(16)4-6-14(10)17-13;1-10-7-4-5(8)2-3-6(7)9;1-4(2,3)5;;/h1-18H,19H2;1-8,18H;1-8H;2-4,9H,1H3;1-3H3;1H;/q+1;;;;-1;;+1/p-1/b;2-1+;;;;;. The van der Waals surface area contributed by atoms with Crippen molar-refractivity contribution in [2.75, 3.05) is 7.11 Å². The van der Waals surface area contributed by atoms with Gasteiger partial charge in [0.05, 0.1) is 7.11 Å². The maximum absolute atomic E-state index is 14.8. The molecule has 0 fully saturated rings. The monoisotopic (exact) mass is 1560 g/mol. The SMILES string of the molecule is Brc1ccc2c(c1)C=Cc1cc(Br)ccc1O2.CC(C)(C)[O-].COc1cc(Br)ccc1O.Fc1ccc(Br)cc1C[P+](c1ccccc1)(c1ccccc1)c1ccccc1.Oc1ccc(Br)cc1/C=C/c1cc(Br)ccc1F.[Br-].[K+]. The van der Waals surface area contributed by atoms with Crippen molar-refractivity contribution in [3.63, 3.8) is 0 Å². The Kier molecular flexibility index (Phi) is 29.5. The Labute approximate surface area is 572 Å². The topological polar surface area (TPSA) is 82.0 Å². The molecule has 9 aromatic rings. The van der Waals surface area contributed by atoms with Crippen molar-refractivity contribution in [2.24, 2.45) is 0 Å². The Morgan fingerprint density at radius 1 is 0.500 bits per heavy atom. The summed E-state index contributed by atoms with van der Waals surface area (Å²) in [5, 5.41) is 32.6. The van der Waals surface area contributed by atoms with Gasteiger partial charge in [0.1, 0.15) is 58.2 Å². The van der Waals surface area contributed by atoms with Crippen LogP contribution in [0.15, 0.2) is 227 Å². The predicted molar refractivity (Wildman–Crippen MR) is 341 cm³/mol. The molecule has 0 amide bonds. The van der Waals surface area contributed by atoms with Crippen LogP contribution in [-0.4, -0.2) is 22.9 Å². The van der Waals surface area contributed by atoms with Crippen LogP contribution < -0.4 is 98.9 Å². The molecule has 16 heteroatoms. The average molecular weight is 1570 g/mol. The van der Waals surface area contributed by atoms with E-state index < -0.39 is 12.9 Å². The molecule has 5 nitrogen and oxygen atoms in total. The van der Waals surface area contributed by atoms with Gasteiger partial charge in [-0.15, -0.1) is 5.60 Å². The van der Waals surface area contributed by atoms with Crippen molar-refractivity contribution in [1.82, 2.24) is 0 Å². The molecule has 0 saturated heterocycles. The van der Waals surface area contributed by atoms with Gasteiger partial charge >= 0.3 is 51.4 Å². The molecule has 1 aliphatic rings. The van der Waals surface area contributed by atoms with Gasteiger partial charge in [0.25, 0.3) is 0 Å². The number of aromatic hydroxyl groups is 2. The van der Waals surface area contributed by atoms with Gasteiger partial charge in [-0.05, 0) is 146 Å². The van der Waals surface area contributed by atoms with Gasteiger partial charge in [-0.25, -0.2) is 8.78 Å². The van der Waals surface area contributed by atoms with Crippen molar-refractivity contribution >= 4 is 143 Å². The van der Waals surface area contributed by atoms with Crippen LogP contribution in [0, 0.1) is 11.6 Å². The first-order chi connectivity index (χ1) is 37.2. The van der Waals surface area contributed by atoms with Gasteiger partial charge in [0.2, 0.25) is 0 Å². The quantitative estimate of drug-likeness (QED) is 0.0900. The first-order valence-corrected chi connectivity index (χ1v) is 30.7. The number of hydrogen-bond donors (Lipinski definition) is 2. The molecule has 2 N–H and O–H groups in total. The largest absolute Gasteiger partial charge is 1.00 e. The molecule has 0 unspecified atom stereocenters. The fraction of sp³-hybridized carbons (Fsp3) is 0.0938. The molecule has 0 aromatic heterocycles. The molecule has 0 atom stereocenters. The molecule has 0 radical (unpaired) electrons. The summed E-state index contributed by atoms with van der Waals surface area (Å²) in [5.41, 5.74) is 3.23. The third-order valence-corrected chi connectivity index (χ3v) is 18.5. The second-order valence-electron chi connectivity index (χ2n) is 18.1. The molecule has 1 heterocycles. The van der Waals surface area contributed by atoms with Crippen molar-refractivity contribution < 1.29 is 102 Å². The van der Waals surface area contributed by atoms with Gasteiger partial charge in [-0.2, -0.15) is 0 Å². The number of ether oxygens (including phenoxy) is 2. The molecule has 0 bridgehead atoms. The van der Waals surface area contributed by atoms with Crippen LogP contribution in [0.1, 0.15) is 48.6 Å². The van der Waals surface area contributed by atoms with Crippen LogP contribution in [-0.2, 0) is 6.16 Å². The molecule has 10 rings (SSSR count). The zero-order chi connectivity index (χ0) is 56.4. The number of halogens is 9. The molecular weight excluding hydrogens is 1520 g/mol. The second-order valence-corrected chi connectivity index (χ2v) is 27.1. The van der Waals surface area contributed by atoms with Crippen molar-refractivity contribution in [3.8, 4) is 28.7 Å². The maximum atomic E-state index is 14.8. The molecule has 9 aromatic carbocycles. The number of phenols is 2. The van der Waals surface area contributed by atoms with E-state index in [9.17, 15) is 19.0 Å². The van der Waals surface area contributed by atoms with Crippen LogP contribution in [0.4, 0.5) is 8.78 Å². The normalized spacial score (nSPS) is 11.0. The van der Waals surface area contributed by atoms with E-state index in [2.05, 4.69) is 181 Å². The summed E-state index contributed by atoms with van der Waals surface area (Å²) in [7, 11) is -0.567. The minimum atomic E-state index is -2.08. The summed E-state index contributed by atoms with van der Waals surface area (Å²) >= 11 is 20.3. The molecule has 408 valence electrons. The summed E-state index contributed by atoms with van der Waals surface area (Å²) in [4.78, 5) is 0. The number of methoxy groups -OCH3 is 1. The van der Waals surface area contributed by atoms with E-state index in [-0.39, 0.29) is 91.5 Å². The first-order valence-electron chi connectivity index (χ1n) is 24.0. The Balaban J connectivity index is 0.000000232. The summed E-state index contributed by atoms with van der Waals surface area (Å²) in [5.74, 6) is 2.10. The second kappa shape index (κ2) is 34.0. The Morgan fingerprint density at radius 3 is 1.31 bits per heavy atom. The molecule has 0 saturated carbocycles. The Hall–Kier alpha value is -3.09. The van der Waals surface area contributed by atoms with Gasteiger partial charge in [-0.3, -0.25) is 0 Å². The smallest absolute Gasteiger partial charge is 1.00 e. The van der Waals surface area contributed by atoms with E-state index in [4.69, 9.17) is 14.6 Å².